The van der Waals surface area contributed by atoms with Gasteiger partial charge in [-0.25, -0.2) is 0 Å². The van der Waals surface area contributed by atoms with Gasteiger partial charge in [0.2, 0.25) is 18.6 Å². The quantitative estimate of drug-likeness (QED) is 0.632. The van der Waals surface area contributed by atoms with E-state index in [-0.39, 0.29) is 24.5 Å². The second-order valence-electron chi connectivity index (χ2n) is 9.47. The third-order valence-corrected chi connectivity index (χ3v) is 7.28. The summed E-state index contributed by atoms with van der Waals surface area (Å²) in [6.45, 7) is 3.86. The van der Waals surface area contributed by atoms with E-state index in [1.165, 1.54) is 5.56 Å². The van der Waals surface area contributed by atoms with Crippen molar-refractivity contribution in [3.63, 3.8) is 0 Å². The number of methoxy groups -OCH3 is 2. The molecule has 3 aliphatic heterocycles. The molecule has 0 aliphatic carbocycles. The summed E-state index contributed by atoms with van der Waals surface area (Å²) in [6.07, 6.45) is 2.86. The fraction of sp³-hybridized carbons (Fsp3) is 0.481. The molecule has 1 N–H and O–H groups in total. The summed E-state index contributed by atoms with van der Waals surface area (Å²) in [5.74, 6) is 3.00. The molecule has 36 heavy (non-hydrogen) atoms. The van der Waals surface area contributed by atoms with E-state index in [1.54, 1.807) is 26.4 Å². The second kappa shape index (κ2) is 10.7. The maximum atomic E-state index is 13.3. The van der Waals surface area contributed by atoms with E-state index >= 15 is 0 Å². The molecule has 1 fully saturated rings. The number of benzene rings is 2. The van der Waals surface area contributed by atoms with Crippen LogP contribution < -0.4 is 24.3 Å². The van der Waals surface area contributed by atoms with Gasteiger partial charge in [-0.05, 0) is 67.7 Å². The molecule has 9 heteroatoms. The Balaban J connectivity index is 1.07. The van der Waals surface area contributed by atoms with Gasteiger partial charge < -0.3 is 34.1 Å². The Morgan fingerprint density at radius 2 is 1.69 bits per heavy atom. The zero-order valence-corrected chi connectivity index (χ0v) is 20.9. The lowest BCUT2D eigenvalue weighted by molar-refractivity contribution is -0.138. The summed E-state index contributed by atoms with van der Waals surface area (Å²) >= 11 is 0. The van der Waals surface area contributed by atoms with Crippen molar-refractivity contribution in [3.05, 3.63) is 41.5 Å². The van der Waals surface area contributed by atoms with Gasteiger partial charge in [-0.2, -0.15) is 0 Å². The maximum Gasteiger partial charge on any atom is 0.231 e. The van der Waals surface area contributed by atoms with E-state index in [2.05, 4.69) is 10.2 Å². The number of likely N-dealkylation sites (tertiary alicyclic amines) is 1. The van der Waals surface area contributed by atoms with Gasteiger partial charge in [0.25, 0.3) is 0 Å². The van der Waals surface area contributed by atoms with Crippen molar-refractivity contribution in [2.75, 3.05) is 52.5 Å². The van der Waals surface area contributed by atoms with Crippen molar-refractivity contribution < 1.29 is 28.5 Å². The molecule has 1 saturated heterocycles. The van der Waals surface area contributed by atoms with Gasteiger partial charge in [-0.15, -0.1) is 0 Å². The van der Waals surface area contributed by atoms with Crippen LogP contribution in [0.4, 0.5) is 5.69 Å². The van der Waals surface area contributed by atoms with Crippen LogP contribution in [0, 0.1) is 5.92 Å². The molecule has 0 radical (unpaired) electrons. The smallest absolute Gasteiger partial charge is 0.231 e. The Labute approximate surface area is 211 Å². The lowest BCUT2D eigenvalue weighted by atomic mass is 9.92. The number of rotatable bonds is 7. The summed E-state index contributed by atoms with van der Waals surface area (Å²) in [4.78, 5) is 29.9. The third kappa shape index (κ3) is 5.21. The van der Waals surface area contributed by atoms with Gasteiger partial charge in [-0.3, -0.25) is 9.59 Å². The van der Waals surface area contributed by atoms with Gasteiger partial charge in [0, 0.05) is 43.7 Å². The van der Waals surface area contributed by atoms with Gasteiger partial charge in [0.1, 0.15) is 0 Å². The molecule has 0 atom stereocenters. The molecule has 3 aliphatic rings. The standard InChI is InChI=1S/C27H33N3O6/c1-33-23-13-19-7-12-30(16-20(19)14-24(23)34-2)27(32)18-5-9-29(10-6-18)11-8-26(31)28-21-3-4-22-25(15-21)36-17-35-22/h3-4,13-15,18H,5-12,16-17H2,1-2H3,(H,28,31). The molecule has 3 heterocycles. The lowest BCUT2D eigenvalue weighted by Crippen LogP contribution is -2.44. The maximum absolute atomic E-state index is 13.3. The fourth-order valence-electron chi connectivity index (χ4n) is 5.19. The predicted octanol–water partition coefficient (Wildman–Crippen LogP) is 3.06. The van der Waals surface area contributed by atoms with Gasteiger partial charge >= 0.3 is 0 Å². The molecular formula is C27H33N3O6. The molecule has 0 bridgehead atoms. The number of amides is 2. The highest BCUT2D eigenvalue weighted by Gasteiger charge is 2.31. The predicted molar refractivity (Wildman–Crippen MR) is 134 cm³/mol. The summed E-state index contributed by atoms with van der Waals surface area (Å²) in [5.41, 5.74) is 3.04. The summed E-state index contributed by atoms with van der Waals surface area (Å²) in [5, 5.41) is 2.93. The molecule has 0 unspecified atom stereocenters. The van der Waals surface area contributed by atoms with E-state index in [0.29, 0.717) is 42.4 Å². The molecule has 9 nitrogen and oxygen atoms in total. The van der Waals surface area contributed by atoms with Crippen molar-refractivity contribution in [3.8, 4) is 23.0 Å². The van der Waals surface area contributed by atoms with Crippen molar-refractivity contribution in [1.29, 1.82) is 0 Å². The number of hydrogen-bond acceptors (Lipinski definition) is 7. The number of ether oxygens (including phenoxy) is 4. The zero-order valence-electron chi connectivity index (χ0n) is 20.9. The zero-order chi connectivity index (χ0) is 25.1. The largest absolute Gasteiger partial charge is 0.493 e. The Morgan fingerprint density at radius 3 is 2.44 bits per heavy atom. The molecule has 0 spiro atoms. The molecule has 0 aromatic heterocycles. The molecule has 2 aromatic rings. The van der Waals surface area contributed by atoms with Crippen LogP contribution in [0.15, 0.2) is 30.3 Å². The highest BCUT2D eigenvalue weighted by Crippen LogP contribution is 2.35. The first-order chi connectivity index (χ1) is 17.5. The Bertz CT molecular complexity index is 1130. The lowest BCUT2D eigenvalue weighted by Gasteiger charge is -2.36. The van der Waals surface area contributed by atoms with Crippen LogP contribution in [-0.2, 0) is 22.6 Å². The highest BCUT2D eigenvalue weighted by molar-refractivity contribution is 5.91. The normalized spacial score (nSPS) is 17.4. The van der Waals surface area contributed by atoms with Crippen LogP contribution in [-0.4, -0.2) is 68.8 Å². The summed E-state index contributed by atoms with van der Waals surface area (Å²) < 4.78 is 21.5. The second-order valence-corrected chi connectivity index (χ2v) is 9.47. The molecule has 0 saturated carbocycles. The average molecular weight is 496 g/mol. The van der Waals surface area contributed by atoms with Crippen LogP contribution in [0.1, 0.15) is 30.4 Å². The topological polar surface area (TPSA) is 89.6 Å². The molecule has 5 rings (SSSR count). The SMILES string of the molecule is COc1cc2c(cc1OC)CN(C(=O)C1CCN(CCC(=O)Nc3ccc4c(c3)OCO4)CC1)CC2. The van der Waals surface area contributed by atoms with Crippen molar-refractivity contribution in [2.45, 2.75) is 32.2 Å². The van der Waals surface area contributed by atoms with Crippen LogP contribution in [0.3, 0.4) is 0 Å². The van der Waals surface area contributed by atoms with E-state index in [4.69, 9.17) is 18.9 Å². The first-order valence-corrected chi connectivity index (χ1v) is 12.5. The van der Waals surface area contributed by atoms with E-state index in [9.17, 15) is 9.59 Å². The van der Waals surface area contributed by atoms with Crippen molar-refractivity contribution >= 4 is 17.5 Å². The average Bonchev–Trinajstić information content (AvgIpc) is 3.38. The van der Waals surface area contributed by atoms with Crippen LogP contribution >= 0.6 is 0 Å². The fourth-order valence-corrected chi connectivity index (χ4v) is 5.19. The van der Waals surface area contributed by atoms with Gasteiger partial charge in [0.05, 0.1) is 14.2 Å². The molecule has 2 amide bonds. The minimum atomic E-state index is -0.0360. The summed E-state index contributed by atoms with van der Waals surface area (Å²) in [6, 6.07) is 9.41. The molecular weight excluding hydrogens is 462 g/mol. The number of fused-ring (bicyclic) bond motifs is 2. The van der Waals surface area contributed by atoms with Crippen molar-refractivity contribution in [2.24, 2.45) is 5.92 Å². The number of nitrogens with one attached hydrogen (secondary N) is 1. The minimum absolute atomic E-state index is 0.0328. The molecule has 192 valence electrons. The minimum Gasteiger partial charge on any atom is -0.493 e. The third-order valence-electron chi connectivity index (χ3n) is 7.28. The van der Waals surface area contributed by atoms with Crippen LogP contribution in [0.5, 0.6) is 23.0 Å². The first-order valence-electron chi connectivity index (χ1n) is 12.5. The van der Waals surface area contributed by atoms with Gasteiger partial charge in [0.15, 0.2) is 23.0 Å². The Morgan fingerprint density at radius 1 is 0.972 bits per heavy atom. The van der Waals surface area contributed by atoms with E-state index in [1.807, 2.05) is 23.1 Å². The molecule has 2 aromatic carbocycles. The van der Waals surface area contributed by atoms with E-state index < -0.39 is 0 Å². The Hall–Kier alpha value is -3.46. The monoisotopic (exact) mass is 495 g/mol. The number of carbonyl (C=O) groups is 2. The number of carbonyl (C=O) groups excluding carboxylic acids is 2. The Kier molecular flexibility index (Phi) is 7.18. The van der Waals surface area contributed by atoms with Crippen molar-refractivity contribution in [1.82, 2.24) is 9.80 Å². The highest BCUT2D eigenvalue weighted by atomic mass is 16.7. The number of nitrogens with zero attached hydrogens (tertiary/aromatic N) is 2. The van der Waals surface area contributed by atoms with Crippen LogP contribution in [0.25, 0.3) is 0 Å². The number of anilines is 1. The van der Waals surface area contributed by atoms with Gasteiger partial charge in [-0.1, -0.05) is 0 Å². The number of hydrogen-bond donors (Lipinski definition) is 1. The van der Waals surface area contributed by atoms with Crippen LogP contribution in [0.2, 0.25) is 0 Å². The van der Waals surface area contributed by atoms with E-state index in [0.717, 1.165) is 50.2 Å². The first kappa shape index (κ1) is 24.2. The summed E-state index contributed by atoms with van der Waals surface area (Å²) in [7, 11) is 3.27. The number of piperidine rings is 1.